The Labute approximate surface area is 138 Å². The monoisotopic (exact) mass is 359 g/mol. The molecule has 0 aliphatic carbocycles. The van der Waals surface area contributed by atoms with Crippen LogP contribution in [0.25, 0.3) is 0 Å². The predicted molar refractivity (Wildman–Crippen MR) is 79.6 cm³/mol. The van der Waals surface area contributed by atoms with E-state index < -0.39 is 17.5 Å². The van der Waals surface area contributed by atoms with Crippen molar-refractivity contribution < 1.29 is 22.7 Å². The number of ketones is 1. The van der Waals surface area contributed by atoms with Gasteiger partial charge in [0.15, 0.2) is 0 Å². The summed E-state index contributed by atoms with van der Waals surface area (Å²) in [7, 11) is 0. The van der Waals surface area contributed by atoms with Crippen molar-refractivity contribution in [2.75, 3.05) is 0 Å². The first-order valence-corrected chi connectivity index (χ1v) is 7.01. The van der Waals surface area contributed by atoms with Crippen molar-refractivity contribution in [1.29, 1.82) is 0 Å². The zero-order valence-electron chi connectivity index (χ0n) is 11.1. The van der Waals surface area contributed by atoms with Crippen LogP contribution < -0.4 is 0 Å². The summed E-state index contributed by atoms with van der Waals surface area (Å²) in [6, 6.07) is 6.30. The number of benzene rings is 2. The first kappa shape index (κ1) is 15.8. The van der Waals surface area contributed by atoms with Crippen LogP contribution in [-0.4, -0.2) is 16.2 Å². The summed E-state index contributed by atoms with van der Waals surface area (Å²) in [5.74, 6) is -0.617. The zero-order valence-corrected chi connectivity index (χ0v) is 12.6. The van der Waals surface area contributed by atoms with E-state index in [0.29, 0.717) is 4.74 Å². The highest BCUT2D eigenvalue weighted by Crippen LogP contribution is 2.36. The van der Waals surface area contributed by atoms with Gasteiger partial charge < -0.3 is 5.21 Å². The van der Waals surface area contributed by atoms with Gasteiger partial charge in [-0.25, -0.2) is 0 Å². The lowest BCUT2D eigenvalue weighted by atomic mass is 10.0. The summed E-state index contributed by atoms with van der Waals surface area (Å²) in [6.45, 7) is 0. The first-order chi connectivity index (χ1) is 10.7. The summed E-state index contributed by atoms with van der Waals surface area (Å²) < 4.78 is 38.1. The molecule has 1 aliphatic heterocycles. The summed E-state index contributed by atoms with van der Waals surface area (Å²) in [6.07, 6.45) is -4.50. The fourth-order valence-corrected chi connectivity index (χ4v) is 2.61. The lowest BCUT2D eigenvalue weighted by Gasteiger charge is -2.07. The highest BCUT2D eigenvalue weighted by atomic mass is 35.5. The number of alkyl halides is 3. The van der Waals surface area contributed by atoms with Gasteiger partial charge in [0.1, 0.15) is 5.56 Å². The van der Waals surface area contributed by atoms with Gasteiger partial charge in [0.25, 0.3) is 11.5 Å². The molecule has 3 rings (SSSR count). The second kappa shape index (κ2) is 5.25. The number of fused-ring (bicyclic) bond motifs is 1. The summed E-state index contributed by atoms with van der Waals surface area (Å²) >= 11 is 11.7. The minimum atomic E-state index is -4.50. The molecule has 2 aromatic carbocycles. The number of Topliss-reactive ketones (excluding diaryl/α,β-unsaturated/α-hetero) is 1. The smallest absolute Gasteiger partial charge is 0.416 e. The minimum absolute atomic E-state index is 0.0132. The number of rotatable bonds is 1. The SMILES string of the molecule is O=C1C(c2ccc(C(F)(F)F)cc2)=[N+]([O-])c2cc(Cl)c(Cl)cc21. The molecule has 1 heterocycles. The lowest BCUT2D eigenvalue weighted by Crippen LogP contribution is -2.17. The van der Waals surface area contributed by atoms with E-state index in [1.165, 1.54) is 12.1 Å². The highest BCUT2D eigenvalue weighted by Gasteiger charge is 2.38. The molecule has 0 spiro atoms. The molecule has 23 heavy (non-hydrogen) atoms. The Kier molecular flexibility index (Phi) is 3.61. The van der Waals surface area contributed by atoms with Gasteiger partial charge in [-0.15, -0.1) is 0 Å². The van der Waals surface area contributed by atoms with Crippen molar-refractivity contribution in [1.82, 2.24) is 0 Å². The fraction of sp³-hybridized carbons (Fsp3) is 0.0667. The molecule has 0 N–H and O–H groups in total. The maximum Gasteiger partial charge on any atom is 0.416 e. The molecule has 0 saturated carbocycles. The van der Waals surface area contributed by atoms with Crippen LogP contribution in [0.4, 0.5) is 18.9 Å². The van der Waals surface area contributed by atoms with Gasteiger partial charge in [-0.2, -0.15) is 17.9 Å². The van der Waals surface area contributed by atoms with Crippen LogP contribution in [0.2, 0.25) is 10.0 Å². The molecule has 2 aromatic rings. The third kappa shape index (κ3) is 2.58. The van der Waals surface area contributed by atoms with E-state index in [2.05, 4.69) is 0 Å². The number of hydrogen-bond donors (Lipinski definition) is 0. The van der Waals surface area contributed by atoms with Gasteiger partial charge in [-0.05, 0) is 30.3 Å². The molecular weight excluding hydrogens is 354 g/mol. The standard InChI is InChI=1S/C15H6Cl2F3NO2/c16-10-5-9-12(6-11(10)17)21(23)13(14(9)22)7-1-3-8(4-2-7)15(18,19)20/h1-6H. The lowest BCUT2D eigenvalue weighted by molar-refractivity contribution is -0.355. The second-order valence-corrected chi connectivity index (χ2v) is 5.65. The summed E-state index contributed by atoms with van der Waals surface area (Å²) in [4.78, 5) is 12.4. The molecule has 0 fully saturated rings. The zero-order chi connectivity index (χ0) is 16.9. The first-order valence-electron chi connectivity index (χ1n) is 6.25. The molecule has 0 bridgehead atoms. The minimum Gasteiger partial charge on any atom is -0.618 e. The third-order valence-corrected chi connectivity index (χ3v) is 4.13. The summed E-state index contributed by atoms with van der Waals surface area (Å²) in [5.41, 5.74) is -0.981. The van der Waals surface area contributed by atoms with Crippen molar-refractivity contribution in [3.63, 3.8) is 0 Å². The molecule has 0 radical (unpaired) electrons. The van der Waals surface area contributed by atoms with Crippen molar-refractivity contribution in [3.8, 4) is 0 Å². The quantitative estimate of drug-likeness (QED) is 0.540. The van der Waals surface area contributed by atoms with Crippen molar-refractivity contribution in [2.24, 2.45) is 0 Å². The maximum atomic E-state index is 12.6. The van der Waals surface area contributed by atoms with Gasteiger partial charge in [-0.3, -0.25) is 4.79 Å². The van der Waals surface area contributed by atoms with E-state index in [0.717, 1.165) is 24.3 Å². The Morgan fingerprint density at radius 1 is 1.00 bits per heavy atom. The van der Waals surface area contributed by atoms with Gasteiger partial charge in [0, 0.05) is 6.07 Å². The van der Waals surface area contributed by atoms with Crippen LogP contribution in [0.15, 0.2) is 36.4 Å². The number of carbonyl (C=O) groups excluding carboxylic acids is 1. The van der Waals surface area contributed by atoms with E-state index >= 15 is 0 Å². The molecule has 0 unspecified atom stereocenters. The van der Waals surface area contributed by atoms with Gasteiger partial charge >= 0.3 is 6.18 Å². The van der Waals surface area contributed by atoms with Crippen LogP contribution in [0.1, 0.15) is 21.5 Å². The molecule has 1 aliphatic rings. The largest absolute Gasteiger partial charge is 0.618 e. The number of halogens is 5. The maximum absolute atomic E-state index is 12.6. The van der Waals surface area contributed by atoms with Crippen LogP contribution in [0.3, 0.4) is 0 Å². The van der Waals surface area contributed by atoms with E-state index in [4.69, 9.17) is 23.2 Å². The van der Waals surface area contributed by atoms with E-state index in [9.17, 15) is 23.2 Å². The predicted octanol–water partition coefficient (Wildman–Crippen LogP) is 4.84. The van der Waals surface area contributed by atoms with Crippen LogP contribution in [-0.2, 0) is 6.18 Å². The highest BCUT2D eigenvalue weighted by molar-refractivity contribution is 6.53. The number of hydrogen-bond acceptors (Lipinski definition) is 2. The number of carbonyl (C=O) groups is 1. The van der Waals surface area contributed by atoms with Crippen LogP contribution in [0, 0.1) is 5.21 Å². The van der Waals surface area contributed by atoms with Crippen LogP contribution in [0.5, 0.6) is 0 Å². The van der Waals surface area contributed by atoms with Gasteiger partial charge in [-0.1, -0.05) is 23.2 Å². The van der Waals surface area contributed by atoms with Crippen molar-refractivity contribution >= 4 is 40.4 Å². The third-order valence-electron chi connectivity index (χ3n) is 3.41. The van der Waals surface area contributed by atoms with Crippen molar-refractivity contribution in [2.45, 2.75) is 6.18 Å². The summed E-state index contributed by atoms with van der Waals surface area (Å²) in [5, 5.41) is 12.5. The Morgan fingerprint density at radius 2 is 1.57 bits per heavy atom. The topological polar surface area (TPSA) is 43.1 Å². The average Bonchev–Trinajstić information content (AvgIpc) is 2.71. The second-order valence-electron chi connectivity index (χ2n) is 4.83. The molecular formula is C15H6Cl2F3NO2. The number of nitrogens with zero attached hydrogens (tertiary/aromatic N) is 1. The van der Waals surface area contributed by atoms with Crippen molar-refractivity contribution in [3.05, 3.63) is 68.3 Å². The molecule has 0 amide bonds. The molecule has 0 saturated heterocycles. The Balaban J connectivity index is 2.09. The van der Waals surface area contributed by atoms with E-state index in [-0.39, 0.29) is 32.6 Å². The van der Waals surface area contributed by atoms with E-state index in [1.807, 2.05) is 0 Å². The van der Waals surface area contributed by atoms with Gasteiger partial charge in [0.05, 0.1) is 21.2 Å². The Bertz CT molecular complexity index is 858. The molecule has 3 nitrogen and oxygen atoms in total. The Morgan fingerprint density at radius 3 is 2.13 bits per heavy atom. The fourth-order valence-electron chi connectivity index (χ4n) is 2.29. The normalized spacial score (nSPS) is 14.4. The molecule has 0 aromatic heterocycles. The van der Waals surface area contributed by atoms with Crippen LogP contribution >= 0.6 is 23.2 Å². The molecule has 8 heteroatoms. The van der Waals surface area contributed by atoms with Gasteiger partial charge in [0.2, 0.25) is 5.69 Å². The van der Waals surface area contributed by atoms with E-state index in [1.54, 1.807) is 0 Å². The molecule has 0 atom stereocenters. The average molecular weight is 360 g/mol. The Hall–Kier alpha value is -2.05. The molecule has 118 valence electrons.